The standard InChI is InChI=1S/C7H11BN2O/c1-4-6(8)10(3)7(9-4)5(2)11/h8H2,1-3H3. The zero-order valence-electron chi connectivity index (χ0n) is 7.30. The van der Waals surface area contributed by atoms with Crippen LogP contribution in [0.3, 0.4) is 0 Å². The summed E-state index contributed by atoms with van der Waals surface area (Å²) in [6, 6.07) is 0. The molecule has 0 N–H and O–H groups in total. The SMILES string of the molecule is Bc1c(C)nc(C(C)=O)n1C. The molecule has 1 aromatic heterocycles. The summed E-state index contributed by atoms with van der Waals surface area (Å²) in [6.45, 7) is 3.43. The zero-order valence-corrected chi connectivity index (χ0v) is 7.30. The van der Waals surface area contributed by atoms with Gasteiger partial charge in [0, 0.05) is 19.7 Å². The van der Waals surface area contributed by atoms with Crippen molar-refractivity contribution in [1.82, 2.24) is 9.55 Å². The molecule has 0 fully saturated rings. The van der Waals surface area contributed by atoms with Gasteiger partial charge in [0.25, 0.3) is 0 Å². The van der Waals surface area contributed by atoms with E-state index >= 15 is 0 Å². The molecule has 1 heterocycles. The number of carbonyl (C=O) groups is 1. The van der Waals surface area contributed by atoms with Crippen LogP contribution in [0, 0.1) is 6.92 Å². The van der Waals surface area contributed by atoms with Gasteiger partial charge < -0.3 is 4.57 Å². The van der Waals surface area contributed by atoms with Gasteiger partial charge in [-0.2, -0.15) is 0 Å². The van der Waals surface area contributed by atoms with Gasteiger partial charge in [-0.15, -0.1) is 0 Å². The Morgan fingerprint density at radius 1 is 1.64 bits per heavy atom. The van der Waals surface area contributed by atoms with Crippen LogP contribution in [-0.4, -0.2) is 23.2 Å². The summed E-state index contributed by atoms with van der Waals surface area (Å²) in [5.74, 6) is 0.559. The van der Waals surface area contributed by atoms with Gasteiger partial charge in [-0.25, -0.2) is 4.98 Å². The Balaban J connectivity index is 3.29. The van der Waals surface area contributed by atoms with E-state index in [2.05, 4.69) is 4.98 Å². The quantitative estimate of drug-likeness (QED) is 0.387. The fourth-order valence-corrected chi connectivity index (χ4v) is 1.03. The summed E-state index contributed by atoms with van der Waals surface area (Å²) in [5.41, 5.74) is 1.98. The molecule has 1 aromatic rings. The second kappa shape index (κ2) is 2.53. The first kappa shape index (κ1) is 8.05. The van der Waals surface area contributed by atoms with E-state index in [1.54, 1.807) is 0 Å². The van der Waals surface area contributed by atoms with E-state index in [9.17, 15) is 4.79 Å². The van der Waals surface area contributed by atoms with Crippen molar-refractivity contribution in [3.63, 3.8) is 0 Å². The normalized spacial score (nSPS) is 10.1. The van der Waals surface area contributed by atoms with Crippen LogP contribution in [0.15, 0.2) is 0 Å². The van der Waals surface area contributed by atoms with Gasteiger partial charge in [-0.1, -0.05) is 0 Å². The van der Waals surface area contributed by atoms with Crippen molar-refractivity contribution in [2.45, 2.75) is 13.8 Å². The first-order valence-electron chi connectivity index (χ1n) is 3.55. The van der Waals surface area contributed by atoms with Crippen molar-refractivity contribution in [1.29, 1.82) is 0 Å². The van der Waals surface area contributed by atoms with Gasteiger partial charge in [0.05, 0.1) is 0 Å². The van der Waals surface area contributed by atoms with Crippen LogP contribution >= 0.6 is 0 Å². The highest BCUT2D eigenvalue weighted by Crippen LogP contribution is 1.96. The topological polar surface area (TPSA) is 34.9 Å². The van der Waals surface area contributed by atoms with Crippen LogP contribution in [-0.2, 0) is 7.05 Å². The van der Waals surface area contributed by atoms with Crippen LogP contribution in [0.2, 0.25) is 0 Å². The third kappa shape index (κ3) is 1.20. The van der Waals surface area contributed by atoms with E-state index < -0.39 is 0 Å². The molecule has 0 saturated carbocycles. The summed E-state index contributed by atoms with van der Waals surface area (Å²) >= 11 is 0. The molecular weight excluding hydrogens is 139 g/mol. The monoisotopic (exact) mass is 150 g/mol. The summed E-state index contributed by atoms with van der Waals surface area (Å²) < 4.78 is 1.82. The highest BCUT2D eigenvalue weighted by molar-refractivity contribution is 6.32. The average molecular weight is 150 g/mol. The summed E-state index contributed by atoms with van der Waals surface area (Å²) in [5, 5.41) is 0. The minimum absolute atomic E-state index is 0.0173. The molecule has 4 heteroatoms. The number of hydrogen-bond donors (Lipinski definition) is 0. The number of Topliss-reactive ketones (excluding diaryl/α,β-unsaturated/α-hetero) is 1. The fraction of sp³-hybridized carbons (Fsp3) is 0.429. The van der Waals surface area contributed by atoms with Gasteiger partial charge >= 0.3 is 0 Å². The second-order valence-corrected chi connectivity index (χ2v) is 2.72. The van der Waals surface area contributed by atoms with Crippen LogP contribution in [0.25, 0.3) is 0 Å². The van der Waals surface area contributed by atoms with Crippen LogP contribution in [0.4, 0.5) is 0 Å². The number of carbonyl (C=O) groups excluding carboxylic acids is 1. The highest BCUT2D eigenvalue weighted by atomic mass is 16.1. The van der Waals surface area contributed by atoms with E-state index in [0.717, 1.165) is 11.3 Å². The Kier molecular flexibility index (Phi) is 1.85. The first-order chi connectivity index (χ1) is 5.04. The molecule has 3 nitrogen and oxygen atoms in total. The first-order valence-corrected chi connectivity index (χ1v) is 3.55. The average Bonchev–Trinajstić information content (AvgIpc) is 2.17. The minimum atomic E-state index is 0.0173. The van der Waals surface area contributed by atoms with Gasteiger partial charge in [0.1, 0.15) is 0 Å². The number of aromatic nitrogens is 2. The number of aryl methyl sites for hydroxylation is 1. The lowest BCUT2D eigenvalue weighted by Crippen LogP contribution is -2.18. The summed E-state index contributed by atoms with van der Waals surface area (Å²) in [7, 11) is 3.81. The number of rotatable bonds is 1. The third-order valence-electron chi connectivity index (χ3n) is 1.93. The van der Waals surface area contributed by atoms with Crippen LogP contribution in [0.1, 0.15) is 23.2 Å². The van der Waals surface area contributed by atoms with Gasteiger partial charge in [0.2, 0.25) is 0 Å². The Morgan fingerprint density at radius 2 is 2.18 bits per heavy atom. The Labute approximate surface area is 66.8 Å². The smallest absolute Gasteiger partial charge is 0.195 e. The molecule has 0 amide bonds. The van der Waals surface area contributed by atoms with Gasteiger partial charge in [-0.05, 0) is 12.5 Å². The van der Waals surface area contributed by atoms with E-state index in [4.69, 9.17) is 0 Å². The maximum absolute atomic E-state index is 10.9. The molecular formula is C7H11BN2O. The zero-order chi connectivity index (χ0) is 8.59. The molecule has 0 radical (unpaired) electrons. The van der Waals surface area contributed by atoms with Crippen molar-refractivity contribution < 1.29 is 4.79 Å². The lowest BCUT2D eigenvalue weighted by atomic mass is 10.0. The Morgan fingerprint density at radius 3 is 2.36 bits per heavy atom. The molecule has 11 heavy (non-hydrogen) atoms. The van der Waals surface area contributed by atoms with Gasteiger partial charge in [-0.3, -0.25) is 4.79 Å². The number of ketones is 1. The number of imidazole rings is 1. The summed E-state index contributed by atoms with van der Waals surface area (Å²) in [6.07, 6.45) is 0. The third-order valence-corrected chi connectivity index (χ3v) is 1.93. The molecule has 0 aliphatic carbocycles. The van der Waals surface area contributed by atoms with E-state index in [0.29, 0.717) is 5.82 Å². The van der Waals surface area contributed by atoms with Crippen molar-refractivity contribution in [2.24, 2.45) is 7.05 Å². The molecule has 0 aliphatic rings. The molecule has 0 aromatic carbocycles. The maximum Gasteiger partial charge on any atom is 0.195 e. The maximum atomic E-state index is 10.9. The summed E-state index contributed by atoms with van der Waals surface area (Å²) in [4.78, 5) is 15.1. The van der Waals surface area contributed by atoms with Crippen molar-refractivity contribution in [2.75, 3.05) is 0 Å². The second-order valence-electron chi connectivity index (χ2n) is 2.72. The molecule has 0 spiro atoms. The Hall–Kier alpha value is -1.06. The van der Waals surface area contributed by atoms with E-state index in [-0.39, 0.29) is 5.78 Å². The molecule has 0 bridgehead atoms. The molecule has 0 unspecified atom stereocenters. The Bertz CT molecular complexity index is 304. The lowest BCUT2D eigenvalue weighted by Gasteiger charge is -1.97. The van der Waals surface area contributed by atoms with Crippen LogP contribution in [0.5, 0.6) is 0 Å². The van der Waals surface area contributed by atoms with Crippen LogP contribution < -0.4 is 5.59 Å². The highest BCUT2D eigenvalue weighted by Gasteiger charge is 2.10. The molecule has 58 valence electrons. The molecule has 0 aliphatic heterocycles. The van der Waals surface area contributed by atoms with E-state index in [1.807, 2.05) is 26.4 Å². The minimum Gasteiger partial charge on any atom is -0.338 e. The van der Waals surface area contributed by atoms with Gasteiger partial charge in [0.15, 0.2) is 19.5 Å². The number of hydrogen-bond acceptors (Lipinski definition) is 2. The van der Waals surface area contributed by atoms with Crippen molar-refractivity contribution in [3.8, 4) is 0 Å². The number of nitrogens with zero attached hydrogens (tertiary/aromatic N) is 2. The molecule has 0 atom stereocenters. The van der Waals surface area contributed by atoms with Crippen molar-refractivity contribution in [3.05, 3.63) is 11.5 Å². The lowest BCUT2D eigenvalue weighted by molar-refractivity contribution is 0.100. The largest absolute Gasteiger partial charge is 0.338 e. The van der Waals surface area contributed by atoms with E-state index in [1.165, 1.54) is 6.92 Å². The predicted molar refractivity (Wildman–Crippen MR) is 46.1 cm³/mol. The predicted octanol–water partition coefficient (Wildman–Crippen LogP) is -0.810. The molecule has 0 saturated heterocycles. The molecule has 1 rings (SSSR count). The van der Waals surface area contributed by atoms with Crippen molar-refractivity contribution >= 4 is 19.2 Å². The fourth-order valence-electron chi connectivity index (χ4n) is 1.03.